The lowest BCUT2D eigenvalue weighted by atomic mass is 10.1. The van der Waals surface area contributed by atoms with Crippen molar-refractivity contribution in [3.05, 3.63) is 0 Å². The van der Waals surface area contributed by atoms with Crippen LogP contribution in [0.4, 0.5) is 0 Å². The molecular formula is C6H14N2O2. The number of aliphatic hydroxyl groups excluding tert-OH is 2. The molecular weight excluding hydrogens is 132 g/mol. The Kier molecular flexibility index (Phi) is 2.62. The Bertz CT molecular complexity index is 110. The van der Waals surface area contributed by atoms with Gasteiger partial charge in [0.05, 0.1) is 18.8 Å². The summed E-state index contributed by atoms with van der Waals surface area (Å²) in [5.41, 5.74) is 5.36. The van der Waals surface area contributed by atoms with Gasteiger partial charge in [0.25, 0.3) is 0 Å². The van der Waals surface area contributed by atoms with Crippen LogP contribution in [0.3, 0.4) is 0 Å². The van der Waals surface area contributed by atoms with Crippen molar-refractivity contribution in [2.24, 2.45) is 5.73 Å². The molecule has 1 rings (SSSR count). The van der Waals surface area contributed by atoms with Crippen LogP contribution in [0.5, 0.6) is 0 Å². The zero-order chi connectivity index (χ0) is 7.56. The van der Waals surface area contributed by atoms with E-state index in [4.69, 9.17) is 10.8 Å². The van der Waals surface area contributed by atoms with Gasteiger partial charge in [0, 0.05) is 12.6 Å². The molecule has 3 unspecified atom stereocenters. The van der Waals surface area contributed by atoms with E-state index in [2.05, 4.69) is 5.32 Å². The standard InChI is InChI=1S/C6H14N2O2/c7-2-4-1-6(10)5(3-9)8-4/h4-6,8-10H,1-3,7H2. The van der Waals surface area contributed by atoms with Gasteiger partial charge < -0.3 is 21.3 Å². The van der Waals surface area contributed by atoms with E-state index >= 15 is 0 Å². The predicted octanol–water partition coefficient (Wildman–Crippen LogP) is -1.97. The average Bonchev–Trinajstić information content (AvgIpc) is 2.30. The van der Waals surface area contributed by atoms with E-state index in [1.54, 1.807) is 0 Å². The van der Waals surface area contributed by atoms with Crippen LogP contribution in [0.2, 0.25) is 0 Å². The molecule has 4 nitrogen and oxygen atoms in total. The molecule has 0 aliphatic carbocycles. The third kappa shape index (κ3) is 1.46. The number of aliphatic hydroxyl groups is 2. The van der Waals surface area contributed by atoms with Gasteiger partial charge in [-0.05, 0) is 6.42 Å². The Hall–Kier alpha value is -0.160. The highest BCUT2D eigenvalue weighted by Crippen LogP contribution is 2.11. The van der Waals surface area contributed by atoms with E-state index in [-0.39, 0.29) is 18.7 Å². The topological polar surface area (TPSA) is 78.5 Å². The highest BCUT2D eigenvalue weighted by molar-refractivity contribution is 4.90. The second-order valence-corrected chi connectivity index (χ2v) is 2.69. The Morgan fingerprint density at radius 1 is 1.60 bits per heavy atom. The van der Waals surface area contributed by atoms with Crippen molar-refractivity contribution < 1.29 is 10.2 Å². The van der Waals surface area contributed by atoms with E-state index in [1.807, 2.05) is 0 Å². The average molecular weight is 146 g/mol. The minimum Gasteiger partial charge on any atom is -0.395 e. The zero-order valence-corrected chi connectivity index (χ0v) is 5.83. The van der Waals surface area contributed by atoms with Crippen LogP contribution in [0.15, 0.2) is 0 Å². The summed E-state index contributed by atoms with van der Waals surface area (Å²) in [5, 5.41) is 20.9. The van der Waals surface area contributed by atoms with E-state index in [0.717, 1.165) is 0 Å². The molecule has 1 aliphatic heterocycles. The van der Waals surface area contributed by atoms with E-state index in [0.29, 0.717) is 13.0 Å². The van der Waals surface area contributed by atoms with Gasteiger partial charge in [-0.15, -0.1) is 0 Å². The molecule has 0 saturated carbocycles. The largest absolute Gasteiger partial charge is 0.395 e. The monoisotopic (exact) mass is 146 g/mol. The van der Waals surface area contributed by atoms with Gasteiger partial charge in [-0.3, -0.25) is 0 Å². The van der Waals surface area contributed by atoms with Crippen LogP contribution < -0.4 is 11.1 Å². The lowest BCUT2D eigenvalue weighted by Gasteiger charge is -2.10. The van der Waals surface area contributed by atoms with Crippen molar-refractivity contribution in [1.29, 1.82) is 0 Å². The summed E-state index contributed by atoms with van der Waals surface area (Å²) in [6.45, 7) is 0.505. The second-order valence-electron chi connectivity index (χ2n) is 2.69. The van der Waals surface area contributed by atoms with Gasteiger partial charge in [-0.25, -0.2) is 0 Å². The summed E-state index contributed by atoms with van der Waals surface area (Å²) in [5.74, 6) is 0. The van der Waals surface area contributed by atoms with Crippen LogP contribution in [-0.4, -0.2) is 41.6 Å². The number of nitrogens with two attached hydrogens (primary N) is 1. The van der Waals surface area contributed by atoms with E-state index in [9.17, 15) is 5.11 Å². The first-order valence-corrected chi connectivity index (χ1v) is 3.53. The molecule has 0 aromatic rings. The normalized spacial score (nSPS) is 40.5. The van der Waals surface area contributed by atoms with Crippen molar-refractivity contribution in [1.82, 2.24) is 5.32 Å². The molecule has 0 aromatic carbocycles. The molecule has 60 valence electrons. The smallest absolute Gasteiger partial charge is 0.0731 e. The third-order valence-corrected chi connectivity index (χ3v) is 1.92. The molecule has 0 amide bonds. The lowest BCUT2D eigenvalue weighted by Crippen LogP contribution is -2.38. The Balaban J connectivity index is 2.36. The SMILES string of the molecule is NCC1CC(O)C(CO)N1. The van der Waals surface area contributed by atoms with Gasteiger partial charge in [0.1, 0.15) is 0 Å². The van der Waals surface area contributed by atoms with Gasteiger partial charge in [-0.1, -0.05) is 0 Å². The number of nitrogens with one attached hydrogen (secondary N) is 1. The molecule has 1 saturated heterocycles. The molecule has 1 heterocycles. The first-order chi connectivity index (χ1) is 4.77. The number of hydrogen-bond donors (Lipinski definition) is 4. The van der Waals surface area contributed by atoms with E-state index in [1.165, 1.54) is 0 Å². The third-order valence-electron chi connectivity index (χ3n) is 1.92. The fourth-order valence-corrected chi connectivity index (χ4v) is 1.28. The molecule has 0 bridgehead atoms. The first kappa shape index (κ1) is 7.94. The zero-order valence-electron chi connectivity index (χ0n) is 5.83. The molecule has 3 atom stereocenters. The van der Waals surface area contributed by atoms with Gasteiger partial charge in [-0.2, -0.15) is 0 Å². The van der Waals surface area contributed by atoms with Gasteiger partial charge >= 0.3 is 0 Å². The van der Waals surface area contributed by atoms with Crippen molar-refractivity contribution in [2.45, 2.75) is 24.6 Å². The highest BCUT2D eigenvalue weighted by Gasteiger charge is 2.30. The summed E-state index contributed by atoms with van der Waals surface area (Å²) in [6, 6.07) is 0.000648. The van der Waals surface area contributed by atoms with Crippen LogP contribution >= 0.6 is 0 Å². The van der Waals surface area contributed by atoms with Crippen molar-refractivity contribution in [2.75, 3.05) is 13.2 Å². The lowest BCUT2D eigenvalue weighted by molar-refractivity contribution is 0.121. The molecule has 1 aliphatic rings. The summed E-state index contributed by atoms with van der Waals surface area (Å²) in [6.07, 6.45) is 0.223. The van der Waals surface area contributed by atoms with Gasteiger partial charge in [0.15, 0.2) is 0 Å². The summed E-state index contributed by atoms with van der Waals surface area (Å²) in [7, 11) is 0. The molecule has 1 fully saturated rings. The van der Waals surface area contributed by atoms with Crippen molar-refractivity contribution in [3.8, 4) is 0 Å². The van der Waals surface area contributed by atoms with Gasteiger partial charge in [0.2, 0.25) is 0 Å². The molecule has 0 radical (unpaired) electrons. The molecule has 0 spiro atoms. The Labute approximate surface area is 60.0 Å². The highest BCUT2D eigenvalue weighted by atomic mass is 16.3. The maximum Gasteiger partial charge on any atom is 0.0731 e. The Morgan fingerprint density at radius 2 is 2.30 bits per heavy atom. The number of hydrogen-bond acceptors (Lipinski definition) is 4. The maximum atomic E-state index is 9.21. The number of rotatable bonds is 2. The van der Waals surface area contributed by atoms with Crippen LogP contribution in [-0.2, 0) is 0 Å². The minimum absolute atomic E-state index is 0.0162. The van der Waals surface area contributed by atoms with Crippen molar-refractivity contribution in [3.63, 3.8) is 0 Å². The second kappa shape index (κ2) is 3.30. The minimum atomic E-state index is -0.432. The van der Waals surface area contributed by atoms with Crippen LogP contribution in [0.25, 0.3) is 0 Å². The van der Waals surface area contributed by atoms with Crippen molar-refractivity contribution >= 4 is 0 Å². The molecule has 4 heteroatoms. The fraction of sp³-hybridized carbons (Fsp3) is 1.00. The quantitative estimate of drug-likeness (QED) is 0.364. The maximum absolute atomic E-state index is 9.21. The predicted molar refractivity (Wildman–Crippen MR) is 37.5 cm³/mol. The Morgan fingerprint density at radius 3 is 2.60 bits per heavy atom. The van der Waals surface area contributed by atoms with Crippen LogP contribution in [0.1, 0.15) is 6.42 Å². The summed E-state index contributed by atoms with van der Waals surface area (Å²) < 4.78 is 0. The summed E-state index contributed by atoms with van der Waals surface area (Å²) >= 11 is 0. The molecule has 10 heavy (non-hydrogen) atoms. The molecule has 0 aromatic heterocycles. The summed E-state index contributed by atoms with van der Waals surface area (Å²) in [4.78, 5) is 0. The van der Waals surface area contributed by atoms with E-state index < -0.39 is 6.10 Å². The van der Waals surface area contributed by atoms with Crippen LogP contribution in [0, 0.1) is 0 Å². The first-order valence-electron chi connectivity index (χ1n) is 3.53. The molecule has 5 N–H and O–H groups in total. The fourth-order valence-electron chi connectivity index (χ4n) is 1.28.